The van der Waals surface area contributed by atoms with E-state index in [2.05, 4.69) is 5.10 Å². The normalized spacial score (nSPS) is 11.4. The second-order valence-electron chi connectivity index (χ2n) is 2.82. The second-order valence-corrected chi connectivity index (χ2v) is 3.26. The summed E-state index contributed by atoms with van der Waals surface area (Å²) in [7, 11) is 0. The van der Waals surface area contributed by atoms with Gasteiger partial charge in [0.05, 0.1) is 0 Å². The Bertz CT molecular complexity index is 352. The van der Waals surface area contributed by atoms with Crippen LogP contribution in [0, 0.1) is 6.92 Å². The van der Waals surface area contributed by atoms with E-state index < -0.39 is 0 Å². The largest absolute Gasteiger partial charge is 0.485 e. The maximum absolute atomic E-state index is 5.78. The van der Waals surface area contributed by atoms with E-state index in [0.717, 1.165) is 11.3 Å². The highest BCUT2D eigenvalue weighted by Crippen LogP contribution is 2.21. The zero-order valence-electron chi connectivity index (χ0n) is 7.83. The van der Waals surface area contributed by atoms with Crippen LogP contribution in [0.2, 0.25) is 5.02 Å². The molecule has 0 bridgehead atoms. The zero-order valence-corrected chi connectivity index (χ0v) is 8.58. The number of hydrogen-bond donors (Lipinski definition) is 2. The van der Waals surface area contributed by atoms with Gasteiger partial charge in [-0.15, -0.1) is 0 Å². The number of rotatable bonds is 3. The molecule has 0 saturated heterocycles. The van der Waals surface area contributed by atoms with Crippen molar-refractivity contribution in [3.63, 3.8) is 0 Å². The predicted molar refractivity (Wildman–Crippen MR) is 57.5 cm³/mol. The molecule has 4 nitrogen and oxygen atoms in total. The van der Waals surface area contributed by atoms with Crippen molar-refractivity contribution in [3.8, 4) is 5.75 Å². The molecule has 0 saturated carbocycles. The van der Waals surface area contributed by atoms with Crippen LogP contribution in [0.15, 0.2) is 23.3 Å². The van der Waals surface area contributed by atoms with Crippen LogP contribution < -0.4 is 16.3 Å². The quantitative estimate of drug-likeness (QED) is 0.344. The Hall–Kier alpha value is -1.42. The minimum Gasteiger partial charge on any atom is -0.485 e. The molecular weight excluding hydrogens is 202 g/mol. The third-order valence-corrected chi connectivity index (χ3v) is 1.91. The van der Waals surface area contributed by atoms with E-state index in [1.807, 2.05) is 13.0 Å². The van der Waals surface area contributed by atoms with Crippen LogP contribution >= 0.6 is 11.6 Å². The van der Waals surface area contributed by atoms with E-state index in [-0.39, 0.29) is 12.4 Å². The van der Waals surface area contributed by atoms with Gasteiger partial charge in [0, 0.05) is 5.02 Å². The van der Waals surface area contributed by atoms with Crippen LogP contribution in [0.5, 0.6) is 5.75 Å². The molecular formula is C9H12ClN3O. The van der Waals surface area contributed by atoms with Gasteiger partial charge in [0.1, 0.15) is 12.4 Å². The van der Waals surface area contributed by atoms with Crippen LogP contribution in [0.4, 0.5) is 0 Å². The van der Waals surface area contributed by atoms with E-state index >= 15 is 0 Å². The molecule has 0 amide bonds. The zero-order chi connectivity index (χ0) is 10.6. The summed E-state index contributed by atoms with van der Waals surface area (Å²) in [5, 5.41) is 3.97. The molecule has 0 radical (unpaired) electrons. The molecule has 0 aliphatic rings. The molecule has 1 aromatic rings. The van der Waals surface area contributed by atoms with Gasteiger partial charge >= 0.3 is 0 Å². The molecule has 1 rings (SSSR count). The standard InChI is InChI=1S/C9H12ClN3O/c1-6-4-7(10)2-3-8(6)14-5-9(11)13-12/h2-4H,5,12H2,1H3,(H2,11,13). The van der Waals surface area contributed by atoms with Gasteiger partial charge in [0.2, 0.25) is 0 Å². The summed E-state index contributed by atoms with van der Waals surface area (Å²) in [5.74, 6) is 5.93. The third-order valence-electron chi connectivity index (χ3n) is 1.68. The number of hydrazone groups is 1. The lowest BCUT2D eigenvalue weighted by Crippen LogP contribution is -2.22. The van der Waals surface area contributed by atoms with Crippen LogP contribution in [-0.4, -0.2) is 12.4 Å². The lowest BCUT2D eigenvalue weighted by Gasteiger charge is -2.08. The molecule has 1 aromatic carbocycles. The number of ether oxygens (including phenoxy) is 1. The van der Waals surface area contributed by atoms with Crippen molar-refractivity contribution in [2.45, 2.75) is 6.92 Å². The summed E-state index contributed by atoms with van der Waals surface area (Å²) in [5.41, 5.74) is 6.32. The number of hydrogen-bond acceptors (Lipinski definition) is 3. The van der Waals surface area contributed by atoms with Crippen molar-refractivity contribution in [1.82, 2.24) is 0 Å². The lowest BCUT2D eigenvalue weighted by molar-refractivity contribution is 0.372. The van der Waals surface area contributed by atoms with Crippen LogP contribution in [0.1, 0.15) is 5.56 Å². The SMILES string of the molecule is Cc1cc(Cl)ccc1OC/C(N)=N/N. The van der Waals surface area contributed by atoms with Gasteiger partial charge in [0.25, 0.3) is 0 Å². The topological polar surface area (TPSA) is 73.6 Å². The number of amidine groups is 1. The Kier molecular flexibility index (Phi) is 3.59. The minimum atomic E-state index is 0.180. The summed E-state index contributed by atoms with van der Waals surface area (Å²) in [6.07, 6.45) is 0. The molecule has 0 fully saturated rings. The monoisotopic (exact) mass is 213 g/mol. The smallest absolute Gasteiger partial charge is 0.157 e. The molecule has 0 spiro atoms. The maximum atomic E-state index is 5.78. The first-order valence-electron chi connectivity index (χ1n) is 4.04. The number of nitrogens with two attached hydrogens (primary N) is 2. The molecule has 0 unspecified atom stereocenters. The average molecular weight is 214 g/mol. The first-order chi connectivity index (χ1) is 6.63. The molecule has 4 N–H and O–H groups in total. The average Bonchev–Trinajstić information content (AvgIpc) is 2.16. The van der Waals surface area contributed by atoms with Gasteiger partial charge < -0.3 is 16.3 Å². The van der Waals surface area contributed by atoms with Gasteiger partial charge in [-0.3, -0.25) is 0 Å². The Labute approximate surface area is 87.5 Å². The second kappa shape index (κ2) is 4.72. The number of nitrogens with zero attached hydrogens (tertiary/aromatic N) is 1. The fourth-order valence-electron chi connectivity index (χ4n) is 0.964. The molecule has 0 aliphatic carbocycles. The van der Waals surface area contributed by atoms with Crippen molar-refractivity contribution in [2.24, 2.45) is 16.7 Å². The fraction of sp³-hybridized carbons (Fsp3) is 0.222. The molecule has 0 heterocycles. The van der Waals surface area contributed by atoms with Crippen LogP contribution in [-0.2, 0) is 0 Å². The highest BCUT2D eigenvalue weighted by molar-refractivity contribution is 6.30. The van der Waals surface area contributed by atoms with E-state index in [9.17, 15) is 0 Å². The summed E-state index contributed by atoms with van der Waals surface area (Å²) in [6, 6.07) is 5.34. The summed E-state index contributed by atoms with van der Waals surface area (Å²) in [6.45, 7) is 2.08. The van der Waals surface area contributed by atoms with E-state index in [1.165, 1.54) is 0 Å². The van der Waals surface area contributed by atoms with Crippen LogP contribution in [0.25, 0.3) is 0 Å². The molecule has 0 aromatic heterocycles. The molecule has 5 heteroatoms. The van der Waals surface area contributed by atoms with Crippen molar-refractivity contribution < 1.29 is 4.74 Å². The lowest BCUT2D eigenvalue weighted by atomic mass is 10.2. The first-order valence-corrected chi connectivity index (χ1v) is 4.42. The van der Waals surface area contributed by atoms with Crippen molar-refractivity contribution in [1.29, 1.82) is 0 Å². The summed E-state index contributed by atoms with van der Waals surface area (Å²) >= 11 is 5.78. The van der Waals surface area contributed by atoms with Gasteiger partial charge in [-0.2, -0.15) is 5.10 Å². The van der Waals surface area contributed by atoms with Gasteiger partial charge in [-0.05, 0) is 30.7 Å². The van der Waals surface area contributed by atoms with Crippen molar-refractivity contribution in [2.75, 3.05) is 6.61 Å². The number of aryl methyl sites for hydroxylation is 1. The first kappa shape index (κ1) is 10.7. The summed E-state index contributed by atoms with van der Waals surface area (Å²) in [4.78, 5) is 0. The van der Waals surface area contributed by atoms with Crippen LogP contribution in [0.3, 0.4) is 0 Å². The molecule has 0 atom stereocenters. The highest BCUT2D eigenvalue weighted by Gasteiger charge is 2.00. The molecule has 14 heavy (non-hydrogen) atoms. The Morgan fingerprint density at radius 3 is 2.86 bits per heavy atom. The Morgan fingerprint density at radius 2 is 2.29 bits per heavy atom. The van der Waals surface area contributed by atoms with E-state index in [4.69, 9.17) is 27.9 Å². The maximum Gasteiger partial charge on any atom is 0.157 e. The Balaban J connectivity index is 2.68. The number of halogens is 1. The van der Waals surface area contributed by atoms with Crippen molar-refractivity contribution >= 4 is 17.4 Å². The van der Waals surface area contributed by atoms with Gasteiger partial charge in [-0.25, -0.2) is 0 Å². The fourth-order valence-corrected chi connectivity index (χ4v) is 1.19. The number of benzene rings is 1. The Morgan fingerprint density at radius 1 is 1.57 bits per heavy atom. The highest BCUT2D eigenvalue weighted by atomic mass is 35.5. The summed E-state index contributed by atoms with van der Waals surface area (Å²) < 4.78 is 5.35. The van der Waals surface area contributed by atoms with Gasteiger partial charge in [-0.1, -0.05) is 11.6 Å². The third kappa shape index (κ3) is 2.81. The van der Waals surface area contributed by atoms with E-state index in [1.54, 1.807) is 12.1 Å². The molecule has 76 valence electrons. The minimum absolute atomic E-state index is 0.180. The van der Waals surface area contributed by atoms with Crippen molar-refractivity contribution in [3.05, 3.63) is 28.8 Å². The van der Waals surface area contributed by atoms with E-state index in [0.29, 0.717) is 5.02 Å². The van der Waals surface area contributed by atoms with Gasteiger partial charge in [0.15, 0.2) is 5.84 Å². The predicted octanol–water partition coefficient (Wildman–Crippen LogP) is 1.26. The molecule has 0 aliphatic heterocycles.